The van der Waals surface area contributed by atoms with Gasteiger partial charge in [-0.1, -0.05) is 29.8 Å². The van der Waals surface area contributed by atoms with Gasteiger partial charge in [0.25, 0.3) is 11.8 Å². The number of carbonyl (C=O) groups excluding carboxylic acids is 2. The van der Waals surface area contributed by atoms with Crippen LogP contribution in [-0.4, -0.2) is 42.0 Å². The number of hydrogen-bond donors (Lipinski definition) is 2. The third-order valence-electron chi connectivity index (χ3n) is 7.43. The number of aromatic nitrogens is 1. The highest BCUT2D eigenvalue weighted by Crippen LogP contribution is 2.38. The summed E-state index contributed by atoms with van der Waals surface area (Å²) in [6.45, 7) is 2.31. The smallest absolute Gasteiger partial charge is 0.253 e. The van der Waals surface area contributed by atoms with Gasteiger partial charge < -0.3 is 20.3 Å². The Morgan fingerprint density at radius 3 is 2.49 bits per heavy atom. The standard InChI is InChI=1S/C29H31ClN4O3/c1-18-25(7-4-8-26(18)37-2)29(36)33-22-14-23-10-11-24(15-22)34(23)27-12-9-20(17-31-27)28(35)32-16-19-5-3-6-21(30)13-19/h3-9,12-13,17,22-24H,10-11,14-16H2,1-2H3,(H,32,35)(H,33,36)/t22?,23-,24+. The van der Waals surface area contributed by atoms with Crippen molar-refractivity contribution in [2.75, 3.05) is 12.0 Å². The lowest BCUT2D eigenvalue weighted by atomic mass is 9.96. The van der Waals surface area contributed by atoms with Crippen LogP contribution in [0.2, 0.25) is 5.02 Å². The summed E-state index contributed by atoms with van der Waals surface area (Å²) in [6.07, 6.45) is 5.52. The highest BCUT2D eigenvalue weighted by Gasteiger charge is 2.42. The van der Waals surface area contributed by atoms with E-state index in [0.717, 1.165) is 48.4 Å². The molecule has 3 heterocycles. The molecule has 2 aliphatic rings. The van der Waals surface area contributed by atoms with Gasteiger partial charge in [-0.25, -0.2) is 4.98 Å². The van der Waals surface area contributed by atoms with Crippen LogP contribution in [0.1, 0.15) is 57.5 Å². The summed E-state index contributed by atoms with van der Waals surface area (Å²) >= 11 is 6.02. The Labute approximate surface area is 222 Å². The van der Waals surface area contributed by atoms with Crippen LogP contribution in [0.3, 0.4) is 0 Å². The van der Waals surface area contributed by atoms with E-state index in [1.165, 1.54) is 0 Å². The monoisotopic (exact) mass is 518 g/mol. The van der Waals surface area contributed by atoms with Gasteiger partial charge in [-0.05, 0) is 74.6 Å². The van der Waals surface area contributed by atoms with E-state index < -0.39 is 0 Å². The van der Waals surface area contributed by atoms with E-state index in [1.807, 2.05) is 55.5 Å². The quantitative estimate of drug-likeness (QED) is 0.464. The predicted molar refractivity (Wildman–Crippen MR) is 144 cm³/mol. The second-order valence-corrected chi connectivity index (χ2v) is 10.2. The maximum Gasteiger partial charge on any atom is 0.253 e. The Hall–Kier alpha value is -3.58. The second kappa shape index (κ2) is 10.8. The van der Waals surface area contributed by atoms with Crippen LogP contribution >= 0.6 is 11.6 Å². The number of halogens is 1. The molecule has 192 valence electrons. The third-order valence-corrected chi connectivity index (χ3v) is 7.67. The molecule has 2 fully saturated rings. The number of hydrogen-bond acceptors (Lipinski definition) is 5. The fourth-order valence-electron chi connectivity index (χ4n) is 5.62. The first-order valence-corrected chi connectivity index (χ1v) is 13.0. The average molecular weight is 519 g/mol. The highest BCUT2D eigenvalue weighted by molar-refractivity contribution is 6.30. The lowest BCUT2D eigenvalue weighted by molar-refractivity contribution is 0.0923. The first-order chi connectivity index (χ1) is 17.9. The van der Waals surface area contributed by atoms with Crippen molar-refractivity contribution in [1.29, 1.82) is 0 Å². The van der Waals surface area contributed by atoms with Gasteiger partial charge in [0.05, 0.1) is 12.7 Å². The molecular formula is C29H31ClN4O3. The summed E-state index contributed by atoms with van der Waals surface area (Å²) in [5.41, 5.74) is 2.97. The Bertz CT molecular complexity index is 1280. The van der Waals surface area contributed by atoms with Crippen LogP contribution in [0.5, 0.6) is 5.75 Å². The minimum Gasteiger partial charge on any atom is -0.496 e. The van der Waals surface area contributed by atoms with Gasteiger partial charge in [-0.2, -0.15) is 0 Å². The van der Waals surface area contributed by atoms with Crippen molar-refractivity contribution in [3.63, 3.8) is 0 Å². The molecule has 2 N–H and O–H groups in total. The normalized spacial score (nSPS) is 20.4. The molecule has 0 spiro atoms. The van der Waals surface area contributed by atoms with E-state index in [9.17, 15) is 9.59 Å². The molecule has 2 bridgehead atoms. The number of anilines is 1. The molecule has 8 heteroatoms. The number of amides is 2. The number of benzene rings is 2. The zero-order valence-electron chi connectivity index (χ0n) is 21.0. The van der Waals surface area contributed by atoms with Gasteiger partial charge >= 0.3 is 0 Å². The maximum absolute atomic E-state index is 13.0. The van der Waals surface area contributed by atoms with Gasteiger partial charge in [0, 0.05) is 47.0 Å². The molecule has 0 aliphatic carbocycles. The number of nitrogens with zero attached hydrogens (tertiary/aromatic N) is 2. The Kier molecular flexibility index (Phi) is 7.33. The molecule has 7 nitrogen and oxygen atoms in total. The highest BCUT2D eigenvalue weighted by atomic mass is 35.5. The summed E-state index contributed by atoms with van der Waals surface area (Å²) in [6, 6.07) is 17.5. The number of ether oxygens (including phenoxy) is 1. The van der Waals surface area contributed by atoms with Gasteiger partial charge in [0.2, 0.25) is 0 Å². The molecular weight excluding hydrogens is 488 g/mol. The minimum absolute atomic E-state index is 0.0551. The number of piperidine rings is 1. The fraction of sp³-hybridized carbons (Fsp3) is 0.345. The summed E-state index contributed by atoms with van der Waals surface area (Å²) in [5, 5.41) is 6.82. The van der Waals surface area contributed by atoms with Crippen molar-refractivity contribution in [3.8, 4) is 5.75 Å². The van der Waals surface area contributed by atoms with Crippen molar-refractivity contribution in [3.05, 3.63) is 88.1 Å². The molecule has 5 rings (SSSR count). The number of pyridine rings is 1. The largest absolute Gasteiger partial charge is 0.496 e. The molecule has 37 heavy (non-hydrogen) atoms. The van der Waals surface area contributed by atoms with Crippen LogP contribution < -0.4 is 20.3 Å². The lowest BCUT2D eigenvalue weighted by Crippen LogP contribution is -2.50. The molecule has 2 saturated heterocycles. The van der Waals surface area contributed by atoms with Crippen LogP contribution in [-0.2, 0) is 6.54 Å². The fourth-order valence-corrected chi connectivity index (χ4v) is 5.83. The molecule has 1 aromatic heterocycles. The van der Waals surface area contributed by atoms with Crippen molar-refractivity contribution < 1.29 is 14.3 Å². The number of rotatable bonds is 7. The number of methoxy groups -OCH3 is 1. The number of carbonyl (C=O) groups is 2. The molecule has 3 aromatic rings. The van der Waals surface area contributed by atoms with E-state index in [4.69, 9.17) is 16.3 Å². The summed E-state index contributed by atoms with van der Waals surface area (Å²) in [5.74, 6) is 1.37. The minimum atomic E-state index is -0.170. The lowest BCUT2D eigenvalue weighted by Gasteiger charge is -2.40. The Morgan fingerprint density at radius 1 is 1.05 bits per heavy atom. The summed E-state index contributed by atoms with van der Waals surface area (Å²) < 4.78 is 5.37. The van der Waals surface area contributed by atoms with Crippen molar-refractivity contribution in [2.24, 2.45) is 0 Å². The summed E-state index contributed by atoms with van der Waals surface area (Å²) in [4.78, 5) is 32.6. The molecule has 0 radical (unpaired) electrons. The van der Waals surface area contributed by atoms with Gasteiger partial charge in [-0.15, -0.1) is 0 Å². The van der Waals surface area contributed by atoms with E-state index in [0.29, 0.717) is 34.8 Å². The number of nitrogens with one attached hydrogen (secondary N) is 2. The first kappa shape index (κ1) is 25.1. The van der Waals surface area contributed by atoms with Crippen LogP contribution in [0.4, 0.5) is 5.82 Å². The van der Waals surface area contributed by atoms with Crippen molar-refractivity contribution >= 4 is 29.2 Å². The van der Waals surface area contributed by atoms with E-state index in [2.05, 4.69) is 20.5 Å². The van der Waals surface area contributed by atoms with E-state index in [1.54, 1.807) is 19.4 Å². The molecule has 2 aliphatic heterocycles. The Morgan fingerprint density at radius 2 is 1.81 bits per heavy atom. The van der Waals surface area contributed by atoms with Crippen molar-refractivity contribution in [2.45, 2.75) is 57.3 Å². The maximum atomic E-state index is 13.0. The second-order valence-electron chi connectivity index (χ2n) is 9.78. The van der Waals surface area contributed by atoms with Crippen LogP contribution in [0.15, 0.2) is 60.8 Å². The SMILES string of the molecule is COc1cccc(C(=O)NC2C[C@H]3CC[C@@H](C2)N3c2ccc(C(=O)NCc3cccc(Cl)c3)cn2)c1C. The average Bonchev–Trinajstić information content (AvgIpc) is 3.17. The molecule has 2 aromatic carbocycles. The molecule has 2 amide bonds. The number of fused-ring (bicyclic) bond motifs is 2. The van der Waals surface area contributed by atoms with E-state index >= 15 is 0 Å². The van der Waals surface area contributed by atoms with Crippen LogP contribution in [0.25, 0.3) is 0 Å². The van der Waals surface area contributed by atoms with Gasteiger partial charge in [-0.3, -0.25) is 9.59 Å². The zero-order chi connectivity index (χ0) is 25.9. The topological polar surface area (TPSA) is 83.6 Å². The van der Waals surface area contributed by atoms with Crippen LogP contribution in [0, 0.1) is 6.92 Å². The first-order valence-electron chi connectivity index (χ1n) is 12.6. The van der Waals surface area contributed by atoms with Gasteiger partial charge in [0.15, 0.2) is 0 Å². The van der Waals surface area contributed by atoms with Gasteiger partial charge in [0.1, 0.15) is 11.6 Å². The Balaban J connectivity index is 1.19. The third kappa shape index (κ3) is 5.42. The summed E-state index contributed by atoms with van der Waals surface area (Å²) in [7, 11) is 1.62. The van der Waals surface area contributed by atoms with E-state index in [-0.39, 0.29) is 17.9 Å². The molecule has 3 atom stereocenters. The molecule has 1 unspecified atom stereocenters. The molecule has 0 saturated carbocycles. The predicted octanol–water partition coefficient (Wildman–Crippen LogP) is 4.91. The zero-order valence-corrected chi connectivity index (χ0v) is 21.8. The van der Waals surface area contributed by atoms with Crippen molar-refractivity contribution in [1.82, 2.24) is 15.6 Å².